The van der Waals surface area contributed by atoms with Crippen LogP contribution < -0.4 is 5.32 Å². The topological polar surface area (TPSA) is 12.0 Å². The maximum atomic E-state index is 3.69. The van der Waals surface area contributed by atoms with Gasteiger partial charge >= 0.3 is 0 Å². The van der Waals surface area contributed by atoms with Gasteiger partial charge in [0.15, 0.2) is 0 Å². The Morgan fingerprint density at radius 3 is 2.27 bits per heavy atom. The lowest BCUT2D eigenvalue weighted by atomic mass is 9.76. The molecule has 0 aromatic carbocycles. The molecule has 2 saturated carbocycles. The predicted molar refractivity (Wildman–Crippen MR) is 66.0 cm³/mol. The number of rotatable bonds is 5. The van der Waals surface area contributed by atoms with Crippen LogP contribution in [0.2, 0.25) is 0 Å². The third-order valence-corrected chi connectivity index (χ3v) is 4.01. The molecule has 2 rings (SSSR count). The maximum absolute atomic E-state index is 3.69. The minimum Gasteiger partial charge on any atom is -0.313 e. The summed E-state index contributed by atoms with van der Waals surface area (Å²) in [5.41, 5.74) is 0.518. The normalized spacial score (nSPS) is 24.4. The zero-order chi connectivity index (χ0) is 10.7. The van der Waals surface area contributed by atoms with Gasteiger partial charge < -0.3 is 5.32 Å². The highest BCUT2D eigenvalue weighted by molar-refractivity contribution is 4.85. The summed E-state index contributed by atoms with van der Waals surface area (Å²) < 4.78 is 0. The highest BCUT2D eigenvalue weighted by Crippen LogP contribution is 2.34. The summed E-state index contributed by atoms with van der Waals surface area (Å²) in [6.45, 7) is 6.11. The first-order valence-electron chi connectivity index (χ1n) is 6.89. The second-order valence-electron chi connectivity index (χ2n) is 6.53. The Morgan fingerprint density at radius 1 is 1.00 bits per heavy atom. The second-order valence-corrected chi connectivity index (χ2v) is 6.53. The highest BCUT2D eigenvalue weighted by atomic mass is 15.0. The molecule has 0 bridgehead atoms. The molecule has 0 amide bonds. The van der Waals surface area contributed by atoms with Crippen LogP contribution in [0.3, 0.4) is 0 Å². The van der Waals surface area contributed by atoms with Gasteiger partial charge in [-0.05, 0) is 30.6 Å². The number of nitrogens with one attached hydrogen (secondary N) is 1. The van der Waals surface area contributed by atoms with Crippen molar-refractivity contribution in [3.8, 4) is 0 Å². The van der Waals surface area contributed by atoms with Gasteiger partial charge in [-0.15, -0.1) is 0 Å². The van der Waals surface area contributed by atoms with Gasteiger partial charge in [0.25, 0.3) is 0 Å². The fraction of sp³-hybridized carbons (Fsp3) is 1.00. The van der Waals surface area contributed by atoms with E-state index in [0.717, 1.165) is 12.0 Å². The zero-order valence-corrected chi connectivity index (χ0v) is 10.5. The fourth-order valence-electron chi connectivity index (χ4n) is 2.95. The van der Waals surface area contributed by atoms with Crippen LogP contribution in [-0.2, 0) is 0 Å². The first-order chi connectivity index (χ1) is 7.16. The van der Waals surface area contributed by atoms with Crippen molar-refractivity contribution in [3.63, 3.8) is 0 Å². The Bertz CT molecular complexity index is 188. The van der Waals surface area contributed by atoms with Gasteiger partial charge in [0.1, 0.15) is 0 Å². The molecule has 1 nitrogen and oxygen atoms in total. The van der Waals surface area contributed by atoms with Crippen LogP contribution in [-0.4, -0.2) is 12.6 Å². The molecule has 15 heavy (non-hydrogen) atoms. The largest absolute Gasteiger partial charge is 0.313 e. The average Bonchev–Trinajstić information content (AvgIpc) is 2.99. The quantitative estimate of drug-likeness (QED) is 0.727. The van der Waals surface area contributed by atoms with Crippen LogP contribution in [0.25, 0.3) is 0 Å². The lowest BCUT2D eigenvalue weighted by Crippen LogP contribution is -2.32. The monoisotopic (exact) mass is 209 g/mol. The van der Waals surface area contributed by atoms with Gasteiger partial charge in [0.05, 0.1) is 0 Å². The molecular formula is C14H27N. The molecule has 88 valence electrons. The van der Waals surface area contributed by atoms with Gasteiger partial charge in [-0.25, -0.2) is 0 Å². The molecule has 0 radical (unpaired) electrons. The van der Waals surface area contributed by atoms with E-state index >= 15 is 0 Å². The van der Waals surface area contributed by atoms with Crippen LogP contribution in [0.4, 0.5) is 0 Å². The maximum Gasteiger partial charge on any atom is 0.00684 e. The molecule has 0 heterocycles. The first-order valence-corrected chi connectivity index (χ1v) is 6.89. The lowest BCUT2D eigenvalue weighted by Gasteiger charge is -2.32. The van der Waals surface area contributed by atoms with Crippen LogP contribution in [0, 0.1) is 11.3 Å². The van der Waals surface area contributed by atoms with E-state index in [1.54, 1.807) is 0 Å². The van der Waals surface area contributed by atoms with Crippen molar-refractivity contribution < 1.29 is 0 Å². The smallest absolute Gasteiger partial charge is 0.00684 e. The molecule has 0 aromatic heterocycles. The van der Waals surface area contributed by atoms with E-state index in [-0.39, 0.29) is 0 Å². The summed E-state index contributed by atoms with van der Waals surface area (Å²) in [5.74, 6) is 1.02. The van der Waals surface area contributed by atoms with Gasteiger partial charge in [-0.1, -0.05) is 46.0 Å². The van der Waals surface area contributed by atoms with Gasteiger partial charge in [0, 0.05) is 12.6 Å². The zero-order valence-electron chi connectivity index (χ0n) is 10.5. The fourth-order valence-corrected chi connectivity index (χ4v) is 2.95. The molecule has 0 unspecified atom stereocenters. The molecule has 1 N–H and O–H groups in total. The minimum absolute atomic E-state index is 0.518. The van der Waals surface area contributed by atoms with E-state index in [2.05, 4.69) is 19.2 Å². The summed E-state index contributed by atoms with van der Waals surface area (Å²) in [6, 6.07) is 0.871. The van der Waals surface area contributed by atoms with E-state index in [1.165, 1.54) is 57.9 Å². The Kier molecular flexibility index (Phi) is 3.71. The predicted octanol–water partition coefficient (Wildman–Crippen LogP) is 3.74. The van der Waals surface area contributed by atoms with E-state index in [9.17, 15) is 0 Å². The summed E-state index contributed by atoms with van der Waals surface area (Å²) >= 11 is 0. The Hall–Kier alpha value is -0.0400. The summed E-state index contributed by atoms with van der Waals surface area (Å²) in [4.78, 5) is 0. The Morgan fingerprint density at radius 2 is 1.67 bits per heavy atom. The van der Waals surface area contributed by atoms with E-state index in [4.69, 9.17) is 0 Å². The molecule has 0 saturated heterocycles. The van der Waals surface area contributed by atoms with E-state index in [0.29, 0.717) is 5.41 Å². The van der Waals surface area contributed by atoms with Crippen LogP contribution in [0.5, 0.6) is 0 Å². The summed E-state index contributed by atoms with van der Waals surface area (Å²) in [5, 5.41) is 3.69. The van der Waals surface area contributed by atoms with E-state index < -0.39 is 0 Å². The summed E-state index contributed by atoms with van der Waals surface area (Å²) in [6.07, 6.45) is 11.7. The van der Waals surface area contributed by atoms with Crippen LogP contribution >= 0.6 is 0 Å². The molecule has 2 aliphatic carbocycles. The van der Waals surface area contributed by atoms with Crippen molar-refractivity contribution in [3.05, 3.63) is 0 Å². The van der Waals surface area contributed by atoms with Crippen molar-refractivity contribution in [2.75, 3.05) is 6.54 Å². The number of hydrogen-bond donors (Lipinski definition) is 1. The van der Waals surface area contributed by atoms with E-state index in [1.807, 2.05) is 0 Å². The number of hydrogen-bond acceptors (Lipinski definition) is 1. The van der Waals surface area contributed by atoms with Gasteiger partial charge in [-0.2, -0.15) is 0 Å². The first kappa shape index (κ1) is 11.4. The van der Waals surface area contributed by atoms with Crippen molar-refractivity contribution in [1.29, 1.82) is 0 Å². The lowest BCUT2D eigenvalue weighted by molar-refractivity contribution is 0.215. The second kappa shape index (κ2) is 4.86. The molecule has 0 spiro atoms. The molecular weight excluding hydrogens is 182 g/mol. The standard InChI is InChI=1S/C14H27N/c1-14(2,11-15-13-8-9-13)10-12-6-4-3-5-7-12/h12-13,15H,3-11H2,1-2H3. The molecule has 0 aromatic rings. The Balaban J connectivity index is 1.69. The van der Waals surface area contributed by atoms with Crippen molar-refractivity contribution in [1.82, 2.24) is 5.32 Å². The SMILES string of the molecule is CC(C)(CNC1CC1)CC1CCCCC1. The third-order valence-electron chi connectivity index (χ3n) is 4.01. The van der Waals surface area contributed by atoms with Crippen molar-refractivity contribution >= 4 is 0 Å². The van der Waals surface area contributed by atoms with Crippen LogP contribution in [0.1, 0.15) is 65.2 Å². The molecule has 1 heteroatoms. The summed E-state index contributed by atoms with van der Waals surface area (Å²) in [7, 11) is 0. The third kappa shape index (κ3) is 4.14. The molecule has 2 aliphatic rings. The minimum atomic E-state index is 0.518. The van der Waals surface area contributed by atoms with Gasteiger partial charge in [-0.3, -0.25) is 0 Å². The van der Waals surface area contributed by atoms with Crippen molar-refractivity contribution in [2.45, 2.75) is 71.3 Å². The molecule has 0 aliphatic heterocycles. The van der Waals surface area contributed by atoms with Crippen LogP contribution in [0.15, 0.2) is 0 Å². The van der Waals surface area contributed by atoms with Crippen molar-refractivity contribution in [2.24, 2.45) is 11.3 Å². The van der Waals surface area contributed by atoms with Gasteiger partial charge in [0.2, 0.25) is 0 Å². The molecule has 2 fully saturated rings. The highest BCUT2D eigenvalue weighted by Gasteiger charge is 2.27. The average molecular weight is 209 g/mol. The Labute approximate surface area is 95.0 Å². The molecule has 0 atom stereocenters.